The Balaban J connectivity index is -0.0000000150. The topological polar surface area (TPSA) is 95.2 Å². The van der Waals surface area contributed by atoms with Crippen molar-refractivity contribution in [2.75, 3.05) is 0 Å². The van der Waals surface area contributed by atoms with Gasteiger partial charge in [0.15, 0.2) is 0 Å². The van der Waals surface area contributed by atoms with Gasteiger partial charge in [-0.3, -0.25) is 0 Å². The Hall–Kier alpha value is 1.97. The summed E-state index contributed by atoms with van der Waals surface area (Å²) in [5.41, 5.74) is 26.3. The van der Waals surface area contributed by atoms with Gasteiger partial charge < -0.3 is 22.9 Å². The van der Waals surface area contributed by atoms with Crippen LogP contribution >= 0.6 is 0 Å². The zero-order valence-electron chi connectivity index (χ0n) is 15.1. The first-order valence-electron chi connectivity index (χ1n) is 5.77. The van der Waals surface area contributed by atoms with Crippen LogP contribution in [0.15, 0.2) is 0 Å². The van der Waals surface area contributed by atoms with E-state index in [0.717, 1.165) is 0 Å². The second kappa shape index (κ2) is 42.9. The molecule has 0 amide bonds. The predicted molar refractivity (Wildman–Crippen MR) is 106 cm³/mol. The second-order valence-corrected chi connectivity index (χ2v) is 4.62. The summed E-state index contributed by atoms with van der Waals surface area (Å²) in [5.74, 6) is 0. The molecule has 0 saturated heterocycles. The molecule has 0 aromatic carbocycles. The third-order valence-electron chi connectivity index (χ3n) is 0. The zero-order valence-corrected chi connectivity index (χ0v) is 20.8. The normalized spacial score (nSPS) is 7.20. The van der Waals surface area contributed by atoms with Crippen molar-refractivity contribution in [3.05, 3.63) is 22.9 Å². The largest absolute Gasteiger partial charge is 0.0854 e. The Bertz CT molecular complexity index is 70.4. The Morgan fingerprint density at radius 1 is 0.400 bits per heavy atom. The van der Waals surface area contributed by atoms with Crippen molar-refractivity contribution < 1.29 is 0 Å². The summed E-state index contributed by atoms with van der Waals surface area (Å²) in [6, 6.07) is 0.333. The summed E-state index contributed by atoms with van der Waals surface area (Å²) < 4.78 is 0. The Kier molecular flexibility index (Phi) is 106. The average Bonchev–Trinajstić information content (AvgIpc) is 1.76. The van der Waals surface area contributed by atoms with Crippen molar-refractivity contribution in [2.45, 2.75) is 79.6 Å². The zero-order chi connectivity index (χ0) is 14.3. The molecule has 0 fully saturated rings. The molecule has 118 valence electrons. The van der Waals surface area contributed by atoms with Gasteiger partial charge >= 0.3 is 17.4 Å². The van der Waals surface area contributed by atoms with Crippen LogP contribution in [-0.4, -0.2) is 93.6 Å². The van der Waals surface area contributed by atoms with Crippen molar-refractivity contribution in [1.29, 1.82) is 0 Å². The maximum absolute atomic E-state index is 6.58. The molecule has 6 radical (unpaired) electrons. The van der Waals surface area contributed by atoms with Gasteiger partial charge in [-0.05, 0) is 0 Å². The van der Waals surface area contributed by atoms with Crippen molar-refractivity contribution in [1.82, 2.24) is 0 Å². The van der Waals surface area contributed by atoms with Gasteiger partial charge in [-0.25, -0.2) is 0 Å². The van der Waals surface area contributed by atoms with E-state index in [1.165, 1.54) is 0 Å². The summed E-state index contributed by atoms with van der Waals surface area (Å²) >= 11 is 0. The fourth-order valence-electron chi connectivity index (χ4n) is 0. The minimum Gasteiger partial charge on any atom is 0.0854 e. The molecule has 0 aromatic heterocycles. The van der Waals surface area contributed by atoms with E-state index in [-0.39, 0.29) is 93.6 Å². The van der Waals surface area contributed by atoms with Crippen molar-refractivity contribution in [3.63, 3.8) is 0 Å². The Labute approximate surface area is 171 Å². The van der Waals surface area contributed by atoms with Gasteiger partial charge in [-0.1, -0.05) is 55.4 Å². The summed E-state index contributed by atoms with van der Waals surface area (Å²) in [4.78, 5) is 0. The molecule has 20 heavy (non-hydrogen) atoms. The minimum atomic E-state index is 0. The van der Waals surface area contributed by atoms with Crippen LogP contribution in [0.3, 0.4) is 0 Å². The first kappa shape index (κ1) is 49.5. The van der Waals surface area contributed by atoms with Crippen LogP contribution in [0.25, 0.3) is 22.9 Å². The van der Waals surface area contributed by atoms with Crippen LogP contribution in [0.4, 0.5) is 0 Å². The molecule has 0 rings (SSSR count). The quantitative estimate of drug-likeness (QED) is 0.603. The molecule has 0 atom stereocenters. The molecule has 0 bridgehead atoms. The van der Waals surface area contributed by atoms with Gasteiger partial charge in [0.1, 0.15) is 0 Å². The minimum absolute atomic E-state index is 0. The monoisotopic (exact) mass is 344 g/mol. The van der Waals surface area contributed by atoms with Crippen molar-refractivity contribution in [3.8, 4) is 0 Å². The van der Waals surface area contributed by atoms with Crippen molar-refractivity contribution in [2.24, 2.45) is 0 Å². The third kappa shape index (κ3) is 1850. The number of hydrogen-bond acceptors (Lipinski definition) is 0. The van der Waals surface area contributed by atoms with Crippen LogP contribution in [-0.2, 0) is 0 Å². The standard InChI is InChI=1S/4C3H8N.4Al.4H/c4*1-3(2)4;;;;;;;;/h4*3-4H,1-2H3;;;;;;;;/q4*-1;;;;+2;;;;. The van der Waals surface area contributed by atoms with Crippen molar-refractivity contribution >= 4 is 69.4 Å². The van der Waals surface area contributed by atoms with E-state index >= 15 is 0 Å². The summed E-state index contributed by atoms with van der Waals surface area (Å²) in [6.45, 7) is 14.7. The molecule has 0 aliphatic heterocycles. The number of hydrogen-bond donors (Lipinski definition) is 0. The van der Waals surface area contributed by atoms with Gasteiger partial charge in [-0.2, -0.15) is 0 Å². The second-order valence-electron chi connectivity index (χ2n) is 4.62. The molecule has 4 nitrogen and oxygen atoms in total. The van der Waals surface area contributed by atoms with E-state index in [4.69, 9.17) is 22.9 Å². The van der Waals surface area contributed by atoms with Crippen LogP contribution < -0.4 is 0 Å². The average molecular weight is 344 g/mol. The van der Waals surface area contributed by atoms with E-state index in [1.54, 1.807) is 0 Å². The first-order valence-corrected chi connectivity index (χ1v) is 5.77. The van der Waals surface area contributed by atoms with E-state index in [9.17, 15) is 0 Å². The number of rotatable bonds is 0. The Morgan fingerprint density at radius 3 is 0.400 bits per heavy atom. The summed E-state index contributed by atoms with van der Waals surface area (Å²) in [7, 11) is 0. The molecule has 8 heteroatoms. The molecule has 0 spiro atoms. The van der Waals surface area contributed by atoms with Gasteiger partial charge in [0.25, 0.3) is 0 Å². The molecular formula is C12H36Al4N4-2. The molecule has 0 aromatic rings. The van der Waals surface area contributed by atoms with E-state index in [1.807, 2.05) is 55.4 Å². The first-order chi connectivity index (χ1) is 6.93. The van der Waals surface area contributed by atoms with Crippen LogP contribution in [0.2, 0.25) is 0 Å². The van der Waals surface area contributed by atoms with Gasteiger partial charge in [0.2, 0.25) is 0 Å². The maximum Gasteiger partial charge on any atom is 0.0854 e. The molecule has 0 saturated carbocycles. The SMILES string of the molecule is CC(C)[NH-].CC(C)[NH-].CC(C)[NH-].CC(C)[NH-].[AlH+2].[AlH].[AlH].[AlH]. The van der Waals surface area contributed by atoms with Crippen LogP contribution in [0, 0.1) is 0 Å². The maximum atomic E-state index is 6.58. The summed E-state index contributed by atoms with van der Waals surface area (Å²) in [6.07, 6.45) is 0. The van der Waals surface area contributed by atoms with E-state index < -0.39 is 0 Å². The smallest absolute Gasteiger partial charge is 0.0854 e. The Morgan fingerprint density at radius 2 is 0.400 bits per heavy atom. The molecule has 0 unspecified atom stereocenters. The van der Waals surface area contributed by atoms with E-state index in [0.29, 0.717) is 0 Å². The van der Waals surface area contributed by atoms with Crippen LogP contribution in [0.5, 0.6) is 0 Å². The fraction of sp³-hybridized carbons (Fsp3) is 1.00. The molecule has 0 aliphatic rings. The number of nitrogens with one attached hydrogen (secondary N) is 4. The van der Waals surface area contributed by atoms with Gasteiger partial charge in [-0.15, -0.1) is 24.2 Å². The van der Waals surface area contributed by atoms with E-state index in [2.05, 4.69) is 0 Å². The van der Waals surface area contributed by atoms with Crippen LogP contribution in [0.1, 0.15) is 55.4 Å². The molecule has 4 N–H and O–H groups in total. The molecule has 0 heterocycles. The van der Waals surface area contributed by atoms with Gasteiger partial charge in [0.05, 0.1) is 52.1 Å². The fourth-order valence-corrected chi connectivity index (χ4v) is 0. The predicted octanol–water partition coefficient (Wildman–Crippen LogP) is 3.19. The molecular weight excluding hydrogens is 308 g/mol. The molecule has 0 aliphatic carbocycles. The summed E-state index contributed by atoms with van der Waals surface area (Å²) in [5, 5.41) is 0. The van der Waals surface area contributed by atoms with Gasteiger partial charge in [0, 0.05) is 0 Å². The third-order valence-corrected chi connectivity index (χ3v) is 0.